The second-order valence-corrected chi connectivity index (χ2v) is 5.91. The number of amides is 1. The number of carbonyl (C=O) groups excluding carboxylic acids is 2. The number of nitrogens with zero attached hydrogens (tertiary/aromatic N) is 1. The molecule has 0 radical (unpaired) electrons. The highest BCUT2D eigenvalue weighted by Gasteiger charge is 2.16. The summed E-state index contributed by atoms with van der Waals surface area (Å²) in [7, 11) is 0. The summed E-state index contributed by atoms with van der Waals surface area (Å²) in [5.41, 5.74) is 0.911. The summed E-state index contributed by atoms with van der Waals surface area (Å²) in [4.78, 5) is 25.8. The van der Waals surface area contributed by atoms with Crippen molar-refractivity contribution in [1.29, 1.82) is 0 Å². The van der Waals surface area contributed by atoms with Crippen molar-refractivity contribution >= 4 is 11.9 Å². The first-order valence-electron chi connectivity index (χ1n) is 8.94. The number of rotatable bonds is 10. The van der Waals surface area contributed by atoms with Crippen LogP contribution in [0.2, 0.25) is 0 Å². The van der Waals surface area contributed by atoms with Gasteiger partial charge >= 0.3 is 5.97 Å². The van der Waals surface area contributed by atoms with Crippen molar-refractivity contribution < 1.29 is 23.5 Å². The molecule has 0 bridgehead atoms. The van der Waals surface area contributed by atoms with Crippen LogP contribution in [0.1, 0.15) is 18.9 Å². The van der Waals surface area contributed by atoms with Gasteiger partial charge in [0, 0.05) is 13.1 Å². The molecule has 6 heteroatoms. The van der Waals surface area contributed by atoms with Crippen molar-refractivity contribution in [3.8, 4) is 5.75 Å². The highest BCUT2D eigenvalue weighted by atomic mass is 19.1. The van der Waals surface area contributed by atoms with Crippen molar-refractivity contribution in [1.82, 2.24) is 4.90 Å². The van der Waals surface area contributed by atoms with E-state index in [0.717, 1.165) is 5.56 Å². The van der Waals surface area contributed by atoms with E-state index in [9.17, 15) is 14.0 Å². The molecular weight excluding hydrogens is 349 g/mol. The summed E-state index contributed by atoms with van der Waals surface area (Å²) < 4.78 is 23.5. The third-order valence-electron chi connectivity index (χ3n) is 3.93. The Morgan fingerprint density at radius 3 is 2.37 bits per heavy atom. The van der Waals surface area contributed by atoms with Crippen LogP contribution in [0.5, 0.6) is 5.75 Å². The molecule has 0 aliphatic carbocycles. The lowest BCUT2D eigenvalue weighted by molar-refractivity contribution is -0.144. The van der Waals surface area contributed by atoms with Crippen molar-refractivity contribution in [2.45, 2.75) is 19.8 Å². The first kappa shape index (κ1) is 20.4. The van der Waals surface area contributed by atoms with Crippen LogP contribution in [-0.4, -0.2) is 43.1 Å². The lowest BCUT2D eigenvalue weighted by Gasteiger charge is -2.22. The normalized spacial score (nSPS) is 10.3. The van der Waals surface area contributed by atoms with Gasteiger partial charge in [-0.2, -0.15) is 0 Å². The van der Waals surface area contributed by atoms with Crippen LogP contribution in [0, 0.1) is 5.82 Å². The number of hydrogen-bond donors (Lipinski definition) is 0. The molecule has 2 rings (SSSR count). The SMILES string of the molecule is CCOC(=O)CCN(CCc1ccc(F)cc1)C(=O)COc1ccccc1. The smallest absolute Gasteiger partial charge is 0.307 e. The average Bonchev–Trinajstić information content (AvgIpc) is 2.68. The number of hydrogen-bond acceptors (Lipinski definition) is 4. The number of benzene rings is 2. The Morgan fingerprint density at radius 1 is 1.00 bits per heavy atom. The summed E-state index contributed by atoms with van der Waals surface area (Å²) in [5, 5.41) is 0. The zero-order chi connectivity index (χ0) is 19.5. The minimum Gasteiger partial charge on any atom is -0.484 e. The summed E-state index contributed by atoms with van der Waals surface area (Å²) in [6.07, 6.45) is 0.675. The predicted molar refractivity (Wildman–Crippen MR) is 99.9 cm³/mol. The maximum absolute atomic E-state index is 13.0. The van der Waals surface area contributed by atoms with Crippen LogP contribution in [0.4, 0.5) is 4.39 Å². The molecule has 0 atom stereocenters. The fourth-order valence-corrected chi connectivity index (χ4v) is 2.49. The molecular formula is C21H24FNO4. The molecule has 2 aromatic rings. The molecule has 0 unspecified atom stereocenters. The zero-order valence-corrected chi connectivity index (χ0v) is 15.4. The van der Waals surface area contributed by atoms with Crippen LogP contribution >= 0.6 is 0 Å². The van der Waals surface area contributed by atoms with Gasteiger partial charge < -0.3 is 14.4 Å². The Hall–Kier alpha value is -2.89. The van der Waals surface area contributed by atoms with Gasteiger partial charge in [-0.15, -0.1) is 0 Å². The van der Waals surface area contributed by atoms with Gasteiger partial charge in [0.05, 0.1) is 13.0 Å². The number of halogens is 1. The molecule has 0 heterocycles. The number of para-hydroxylation sites is 1. The highest BCUT2D eigenvalue weighted by Crippen LogP contribution is 2.10. The minimum absolute atomic E-state index is 0.115. The molecule has 2 aromatic carbocycles. The molecule has 27 heavy (non-hydrogen) atoms. The second-order valence-electron chi connectivity index (χ2n) is 5.91. The molecule has 0 saturated carbocycles. The summed E-state index contributed by atoms with van der Waals surface area (Å²) >= 11 is 0. The number of ether oxygens (including phenoxy) is 2. The van der Waals surface area contributed by atoms with Crippen LogP contribution in [0.25, 0.3) is 0 Å². The van der Waals surface area contributed by atoms with E-state index in [0.29, 0.717) is 25.3 Å². The largest absolute Gasteiger partial charge is 0.484 e. The minimum atomic E-state index is -0.346. The lowest BCUT2D eigenvalue weighted by Crippen LogP contribution is -2.38. The first-order valence-corrected chi connectivity index (χ1v) is 8.94. The van der Waals surface area contributed by atoms with Crippen molar-refractivity contribution in [2.24, 2.45) is 0 Å². The van der Waals surface area contributed by atoms with E-state index in [4.69, 9.17) is 9.47 Å². The van der Waals surface area contributed by atoms with Gasteiger partial charge in [-0.3, -0.25) is 9.59 Å². The fourth-order valence-electron chi connectivity index (χ4n) is 2.49. The monoisotopic (exact) mass is 373 g/mol. The predicted octanol–water partition coefficient (Wildman–Crippen LogP) is 3.23. The van der Waals surface area contributed by atoms with Gasteiger partial charge in [-0.1, -0.05) is 30.3 Å². The second kappa shape index (κ2) is 11.0. The van der Waals surface area contributed by atoms with Crippen molar-refractivity contribution in [2.75, 3.05) is 26.3 Å². The first-order chi connectivity index (χ1) is 13.1. The van der Waals surface area contributed by atoms with E-state index >= 15 is 0 Å². The Morgan fingerprint density at radius 2 is 1.70 bits per heavy atom. The van der Waals surface area contributed by atoms with Crippen molar-refractivity contribution in [3.63, 3.8) is 0 Å². The van der Waals surface area contributed by atoms with Crippen LogP contribution in [-0.2, 0) is 20.7 Å². The molecule has 0 aromatic heterocycles. The average molecular weight is 373 g/mol. The standard InChI is InChI=1S/C21H24FNO4/c1-2-26-21(25)13-15-23(14-12-17-8-10-18(22)11-9-17)20(24)16-27-19-6-4-3-5-7-19/h3-11H,2,12-16H2,1H3. The summed E-state index contributed by atoms with van der Waals surface area (Å²) in [5.74, 6) is -0.258. The highest BCUT2D eigenvalue weighted by molar-refractivity contribution is 5.78. The van der Waals surface area contributed by atoms with Crippen LogP contribution in [0.3, 0.4) is 0 Å². The molecule has 5 nitrogen and oxygen atoms in total. The lowest BCUT2D eigenvalue weighted by atomic mass is 10.1. The Bertz CT molecular complexity index is 719. The molecule has 0 aliphatic heterocycles. The van der Waals surface area contributed by atoms with Crippen LogP contribution < -0.4 is 4.74 Å². The maximum Gasteiger partial charge on any atom is 0.307 e. The number of carbonyl (C=O) groups is 2. The van der Waals surface area contributed by atoms with Gasteiger partial charge in [0.1, 0.15) is 11.6 Å². The maximum atomic E-state index is 13.0. The Balaban J connectivity index is 1.93. The van der Waals surface area contributed by atoms with Crippen LogP contribution in [0.15, 0.2) is 54.6 Å². The molecule has 144 valence electrons. The van der Waals surface area contributed by atoms with Crippen molar-refractivity contribution in [3.05, 3.63) is 66.0 Å². The van der Waals surface area contributed by atoms with E-state index < -0.39 is 0 Å². The molecule has 0 fully saturated rings. The molecule has 1 amide bonds. The Kier molecular flexibility index (Phi) is 8.29. The van der Waals surface area contributed by atoms with Gasteiger partial charge in [0.25, 0.3) is 5.91 Å². The molecule has 0 aliphatic rings. The molecule has 0 spiro atoms. The fraction of sp³-hybridized carbons (Fsp3) is 0.333. The zero-order valence-electron chi connectivity index (χ0n) is 15.4. The Labute approximate surface area is 158 Å². The molecule has 0 N–H and O–H groups in total. The number of esters is 1. The van der Waals surface area contributed by atoms with E-state index in [-0.39, 0.29) is 37.3 Å². The third kappa shape index (κ3) is 7.48. The summed E-state index contributed by atoms with van der Waals surface area (Å²) in [6, 6.07) is 15.2. The van der Waals surface area contributed by atoms with E-state index in [1.54, 1.807) is 36.1 Å². The topological polar surface area (TPSA) is 55.8 Å². The van der Waals surface area contributed by atoms with E-state index in [1.807, 2.05) is 18.2 Å². The summed E-state index contributed by atoms with van der Waals surface area (Å²) in [6.45, 7) is 2.58. The van der Waals surface area contributed by atoms with Gasteiger partial charge in [-0.25, -0.2) is 4.39 Å². The van der Waals surface area contributed by atoms with Gasteiger partial charge in [-0.05, 0) is 43.2 Å². The molecule has 0 saturated heterocycles. The van der Waals surface area contributed by atoms with Gasteiger partial charge in [0.15, 0.2) is 6.61 Å². The third-order valence-corrected chi connectivity index (χ3v) is 3.93. The van der Waals surface area contributed by atoms with E-state index in [2.05, 4.69) is 0 Å². The van der Waals surface area contributed by atoms with Gasteiger partial charge in [0.2, 0.25) is 0 Å². The quantitative estimate of drug-likeness (QED) is 0.600. The van der Waals surface area contributed by atoms with E-state index in [1.165, 1.54) is 12.1 Å².